The molecule has 2 heterocycles. The number of benzene rings is 1. The second kappa shape index (κ2) is 8.39. The lowest BCUT2D eigenvalue weighted by Crippen LogP contribution is -2.40. The monoisotopic (exact) mass is 366 g/mol. The zero-order valence-electron chi connectivity index (χ0n) is 15.4. The number of carbonyl (C=O) groups is 1. The van der Waals surface area contributed by atoms with Crippen molar-refractivity contribution in [3.8, 4) is 0 Å². The molecule has 1 aliphatic carbocycles. The summed E-state index contributed by atoms with van der Waals surface area (Å²) in [6, 6.07) is 13.8. The molecule has 1 unspecified atom stereocenters. The van der Waals surface area contributed by atoms with E-state index in [1.165, 1.54) is 6.42 Å². The zero-order valence-corrected chi connectivity index (χ0v) is 15.4. The SMILES string of the molecule is O=C(Nc1cccnc1N1CCOCC1)NC(c1ccccc1)C1CCC1. The van der Waals surface area contributed by atoms with E-state index < -0.39 is 0 Å². The minimum atomic E-state index is -0.182. The molecule has 0 radical (unpaired) electrons. The molecule has 2 fully saturated rings. The van der Waals surface area contributed by atoms with Gasteiger partial charge in [-0.15, -0.1) is 0 Å². The highest BCUT2D eigenvalue weighted by Gasteiger charge is 2.30. The number of hydrogen-bond donors (Lipinski definition) is 2. The van der Waals surface area contributed by atoms with Crippen molar-refractivity contribution in [2.75, 3.05) is 36.5 Å². The van der Waals surface area contributed by atoms with Crippen molar-refractivity contribution in [3.63, 3.8) is 0 Å². The maximum absolute atomic E-state index is 12.8. The highest BCUT2D eigenvalue weighted by Crippen LogP contribution is 2.37. The molecule has 1 aromatic heterocycles. The van der Waals surface area contributed by atoms with Crippen LogP contribution in [-0.4, -0.2) is 37.3 Å². The molecule has 2 N–H and O–H groups in total. The Morgan fingerprint density at radius 3 is 2.59 bits per heavy atom. The fraction of sp³-hybridized carbons (Fsp3) is 0.429. The Morgan fingerprint density at radius 2 is 1.89 bits per heavy atom. The van der Waals surface area contributed by atoms with Gasteiger partial charge < -0.3 is 20.3 Å². The van der Waals surface area contributed by atoms with Crippen LogP contribution in [0.5, 0.6) is 0 Å². The van der Waals surface area contributed by atoms with Gasteiger partial charge in [0.25, 0.3) is 0 Å². The van der Waals surface area contributed by atoms with Gasteiger partial charge in [0.15, 0.2) is 5.82 Å². The van der Waals surface area contributed by atoms with Crippen LogP contribution in [0, 0.1) is 5.92 Å². The fourth-order valence-electron chi connectivity index (χ4n) is 3.73. The molecule has 27 heavy (non-hydrogen) atoms. The first-order chi connectivity index (χ1) is 13.3. The van der Waals surface area contributed by atoms with Gasteiger partial charge in [-0.3, -0.25) is 0 Å². The van der Waals surface area contributed by atoms with E-state index in [-0.39, 0.29) is 12.1 Å². The maximum Gasteiger partial charge on any atom is 0.319 e. The second-order valence-electron chi connectivity index (χ2n) is 7.15. The van der Waals surface area contributed by atoms with E-state index in [1.807, 2.05) is 30.3 Å². The minimum Gasteiger partial charge on any atom is -0.378 e. The van der Waals surface area contributed by atoms with Gasteiger partial charge >= 0.3 is 6.03 Å². The van der Waals surface area contributed by atoms with Gasteiger partial charge in [0.1, 0.15) is 0 Å². The van der Waals surface area contributed by atoms with Gasteiger partial charge in [-0.25, -0.2) is 9.78 Å². The van der Waals surface area contributed by atoms with Crippen molar-refractivity contribution in [1.29, 1.82) is 0 Å². The van der Waals surface area contributed by atoms with E-state index in [4.69, 9.17) is 4.74 Å². The van der Waals surface area contributed by atoms with Crippen LogP contribution >= 0.6 is 0 Å². The van der Waals surface area contributed by atoms with Crippen LogP contribution in [0.25, 0.3) is 0 Å². The van der Waals surface area contributed by atoms with Gasteiger partial charge in [-0.2, -0.15) is 0 Å². The first-order valence-corrected chi connectivity index (χ1v) is 9.71. The van der Waals surface area contributed by atoms with Crippen molar-refractivity contribution in [2.24, 2.45) is 5.92 Å². The third-order valence-electron chi connectivity index (χ3n) is 5.41. The molecule has 2 amide bonds. The van der Waals surface area contributed by atoms with Crippen molar-refractivity contribution < 1.29 is 9.53 Å². The minimum absolute atomic E-state index is 0.0449. The molecule has 1 aromatic carbocycles. The summed E-state index contributed by atoms with van der Waals surface area (Å²) in [5, 5.41) is 6.21. The second-order valence-corrected chi connectivity index (χ2v) is 7.15. The quantitative estimate of drug-likeness (QED) is 0.849. The number of hydrogen-bond acceptors (Lipinski definition) is 4. The summed E-state index contributed by atoms with van der Waals surface area (Å²) < 4.78 is 5.42. The first kappa shape index (κ1) is 17.8. The summed E-state index contributed by atoms with van der Waals surface area (Å²) in [6.07, 6.45) is 5.31. The van der Waals surface area contributed by atoms with Gasteiger partial charge in [0, 0.05) is 19.3 Å². The van der Waals surface area contributed by atoms with Crippen LogP contribution < -0.4 is 15.5 Å². The molecule has 2 aliphatic rings. The molecule has 1 saturated heterocycles. The number of amides is 2. The fourth-order valence-corrected chi connectivity index (χ4v) is 3.73. The van der Waals surface area contributed by atoms with Crippen molar-refractivity contribution in [1.82, 2.24) is 10.3 Å². The van der Waals surface area contributed by atoms with E-state index in [1.54, 1.807) is 6.20 Å². The van der Waals surface area contributed by atoms with Crippen molar-refractivity contribution >= 4 is 17.5 Å². The molecule has 6 heteroatoms. The molecule has 6 nitrogen and oxygen atoms in total. The molecule has 2 aromatic rings. The molecule has 1 aliphatic heterocycles. The lowest BCUT2D eigenvalue weighted by Gasteiger charge is -2.35. The van der Waals surface area contributed by atoms with Crippen molar-refractivity contribution in [3.05, 3.63) is 54.2 Å². The van der Waals surface area contributed by atoms with Gasteiger partial charge in [0.05, 0.1) is 24.9 Å². The van der Waals surface area contributed by atoms with E-state index >= 15 is 0 Å². The Bertz CT molecular complexity index is 758. The number of morpholine rings is 1. The highest BCUT2D eigenvalue weighted by molar-refractivity contribution is 5.92. The van der Waals surface area contributed by atoms with E-state index in [0.29, 0.717) is 19.1 Å². The topological polar surface area (TPSA) is 66.5 Å². The summed E-state index contributed by atoms with van der Waals surface area (Å²) in [6.45, 7) is 2.92. The Labute approximate surface area is 159 Å². The number of ether oxygens (including phenoxy) is 1. The number of aromatic nitrogens is 1. The van der Waals surface area contributed by atoms with E-state index in [9.17, 15) is 4.79 Å². The standard InChI is InChI=1S/C21H26N4O2/c26-21(24-19(17-8-4-9-17)16-6-2-1-3-7-16)23-18-10-5-11-22-20(18)25-12-14-27-15-13-25/h1-3,5-7,10-11,17,19H,4,8-9,12-15H2,(H2,23,24,26). The molecule has 4 rings (SSSR count). The number of rotatable bonds is 5. The number of urea groups is 1. The van der Waals surface area contributed by atoms with Crippen LogP contribution in [0.3, 0.4) is 0 Å². The van der Waals surface area contributed by atoms with Gasteiger partial charge in [0.2, 0.25) is 0 Å². The molecule has 142 valence electrons. The predicted molar refractivity (Wildman–Crippen MR) is 106 cm³/mol. The molecular formula is C21H26N4O2. The summed E-state index contributed by atoms with van der Waals surface area (Å²) >= 11 is 0. The Kier molecular flexibility index (Phi) is 5.53. The smallest absolute Gasteiger partial charge is 0.319 e. The van der Waals surface area contributed by atoms with Crippen molar-refractivity contribution in [2.45, 2.75) is 25.3 Å². The molecule has 1 saturated carbocycles. The third kappa shape index (κ3) is 4.22. The highest BCUT2D eigenvalue weighted by atomic mass is 16.5. The third-order valence-corrected chi connectivity index (χ3v) is 5.41. The molecular weight excluding hydrogens is 340 g/mol. The average molecular weight is 366 g/mol. The normalized spacial score (nSPS) is 18.4. The van der Waals surface area contributed by atoms with Crippen LogP contribution in [0.4, 0.5) is 16.3 Å². The summed E-state index contributed by atoms with van der Waals surface area (Å²) in [4.78, 5) is 19.4. The molecule has 0 spiro atoms. The first-order valence-electron chi connectivity index (χ1n) is 9.71. The van der Waals surface area contributed by atoms with Crippen LogP contribution in [-0.2, 0) is 4.74 Å². The average Bonchev–Trinajstić information content (AvgIpc) is 2.68. The Hall–Kier alpha value is -2.60. The van der Waals surface area contributed by atoms with Gasteiger partial charge in [-0.05, 0) is 36.5 Å². The van der Waals surface area contributed by atoms with Crippen LogP contribution in [0.15, 0.2) is 48.7 Å². The lowest BCUT2D eigenvalue weighted by molar-refractivity contribution is 0.122. The van der Waals surface area contributed by atoms with E-state index in [0.717, 1.165) is 43.0 Å². The van der Waals surface area contributed by atoms with Gasteiger partial charge in [-0.1, -0.05) is 36.8 Å². The summed E-state index contributed by atoms with van der Waals surface area (Å²) in [7, 11) is 0. The number of nitrogens with one attached hydrogen (secondary N) is 2. The molecule has 0 bridgehead atoms. The number of nitrogens with zero attached hydrogens (tertiary/aromatic N) is 2. The number of pyridine rings is 1. The number of anilines is 2. The maximum atomic E-state index is 12.8. The Balaban J connectivity index is 1.47. The Morgan fingerprint density at radius 1 is 1.11 bits per heavy atom. The van der Waals surface area contributed by atoms with Crippen LogP contribution in [0.1, 0.15) is 30.9 Å². The largest absolute Gasteiger partial charge is 0.378 e. The number of carbonyl (C=O) groups excluding carboxylic acids is 1. The van der Waals surface area contributed by atoms with Crippen LogP contribution in [0.2, 0.25) is 0 Å². The predicted octanol–water partition coefficient (Wildman–Crippen LogP) is 3.58. The van der Waals surface area contributed by atoms with E-state index in [2.05, 4.69) is 32.7 Å². The summed E-state index contributed by atoms with van der Waals surface area (Å²) in [5.41, 5.74) is 1.90. The molecule has 1 atom stereocenters. The zero-order chi connectivity index (χ0) is 18.5. The summed E-state index contributed by atoms with van der Waals surface area (Å²) in [5.74, 6) is 1.31. The lowest BCUT2D eigenvalue weighted by atomic mass is 9.77.